The van der Waals surface area contributed by atoms with E-state index in [1.807, 2.05) is 13.8 Å². The van der Waals surface area contributed by atoms with Gasteiger partial charge in [0.15, 0.2) is 5.82 Å². The molecule has 0 amide bonds. The van der Waals surface area contributed by atoms with Gasteiger partial charge in [0, 0.05) is 38.7 Å². The average Bonchev–Trinajstić information content (AvgIpc) is 3.15. The predicted octanol–water partition coefficient (Wildman–Crippen LogP) is 3.44. The highest BCUT2D eigenvalue weighted by Gasteiger charge is 2.34. The van der Waals surface area contributed by atoms with Gasteiger partial charge in [0.2, 0.25) is 5.89 Å². The van der Waals surface area contributed by atoms with Crippen molar-refractivity contribution in [1.29, 1.82) is 0 Å². The molecule has 11 heteroatoms. The first-order valence-corrected chi connectivity index (χ1v) is 8.87. The number of aryl methyl sites for hydroxylation is 1. The van der Waals surface area contributed by atoms with Crippen molar-refractivity contribution in [2.45, 2.75) is 32.5 Å². The quantitative estimate of drug-likeness (QED) is 0.562. The standard InChI is InChI=1S/C17H20F3N5O3/c1-3-15-21-16(28-22-15)11(2)23-6-8-24(9-7-23)13-5-4-12(17(18,19)20)10-14(13)25(26)27/h4-5,10-11H,3,6-9H2,1-2H3/t11-/m0/s1. The summed E-state index contributed by atoms with van der Waals surface area (Å²) in [6, 6.07) is 2.53. The zero-order valence-electron chi connectivity index (χ0n) is 15.4. The molecule has 0 unspecified atom stereocenters. The smallest absolute Gasteiger partial charge is 0.363 e. The minimum absolute atomic E-state index is 0.113. The van der Waals surface area contributed by atoms with Gasteiger partial charge in [0.1, 0.15) is 5.69 Å². The Labute approximate surface area is 159 Å². The summed E-state index contributed by atoms with van der Waals surface area (Å²) in [5.41, 5.74) is -1.38. The monoisotopic (exact) mass is 399 g/mol. The van der Waals surface area contributed by atoms with E-state index in [0.717, 1.165) is 6.07 Å². The molecule has 28 heavy (non-hydrogen) atoms. The molecule has 1 saturated heterocycles. The Balaban J connectivity index is 1.73. The number of aromatic nitrogens is 2. The molecule has 0 radical (unpaired) electrons. The van der Waals surface area contributed by atoms with Crippen molar-refractivity contribution in [1.82, 2.24) is 15.0 Å². The van der Waals surface area contributed by atoms with Crippen molar-refractivity contribution < 1.29 is 22.6 Å². The molecule has 8 nitrogen and oxygen atoms in total. The van der Waals surface area contributed by atoms with Crippen LogP contribution in [-0.2, 0) is 12.6 Å². The molecule has 1 aliphatic rings. The van der Waals surface area contributed by atoms with Crippen LogP contribution in [0, 0.1) is 10.1 Å². The largest absolute Gasteiger partial charge is 0.416 e. The first-order valence-electron chi connectivity index (χ1n) is 8.87. The molecule has 152 valence electrons. The third-order valence-corrected chi connectivity index (χ3v) is 4.86. The van der Waals surface area contributed by atoms with Crippen molar-refractivity contribution in [2.75, 3.05) is 31.1 Å². The molecule has 1 aromatic heterocycles. The van der Waals surface area contributed by atoms with Crippen molar-refractivity contribution >= 4 is 11.4 Å². The third kappa shape index (κ3) is 4.08. The van der Waals surface area contributed by atoms with Gasteiger partial charge in [-0.1, -0.05) is 12.1 Å². The number of piperazine rings is 1. The highest BCUT2D eigenvalue weighted by atomic mass is 19.4. The van der Waals surface area contributed by atoms with Crippen LogP contribution in [0.25, 0.3) is 0 Å². The third-order valence-electron chi connectivity index (χ3n) is 4.86. The molecular weight excluding hydrogens is 379 g/mol. The Kier molecular flexibility index (Phi) is 5.54. The fourth-order valence-corrected chi connectivity index (χ4v) is 3.20. The van der Waals surface area contributed by atoms with E-state index in [1.165, 1.54) is 6.07 Å². The van der Waals surface area contributed by atoms with E-state index in [-0.39, 0.29) is 11.7 Å². The maximum Gasteiger partial charge on any atom is 0.416 e. The number of anilines is 1. The summed E-state index contributed by atoms with van der Waals surface area (Å²) in [4.78, 5) is 18.7. The fourth-order valence-electron chi connectivity index (χ4n) is 3.20. The average molecular weight is 399 g/mol. The van der Waals surface area contributed by atoms with E-state index >= 15 is 0 Å². The second-order valence-electron chi connectivity index (χ2n) is 6.56. The van der Waals surface area contributed by atoms with Gasteiger partial charge in [-0.25, -0.2) is 0 Å². The van der Waals surface area contributed by atoms with Gasteiger partial charge in [0.05, 0.1) is 16.5 Å². The molecule has 3 rings (SSSR count). The lowest BCUT2D eigenvalue weighted by atomic mass is 10.1. The van der Waals surface area contributed by atoms with Crippen molar-refractivity contribution in [3.05, 3.63) is 45.6 Å². The van der Waals surface area contributed by atoms with Crippen LogP contribution in [0.2, 0.25) is 0 Å². The van der Waals surface area contributed by atoms with Gasteiger partial charge in [-0.3, -0.25) is 15.0 Å². The van der Waals surface area contributed by atoms with Crippen LogP contribution < -0.4 is 4.90 Å². The Morgan fingerprint density at radius 3 is 2.50 bits per heavy atom. The Bertz CT molecular complexity index is 847. The zero-order valence-corrected chi connectivity index (χ0v) is 15.4. The van der Waals surface area contributed by atoms with E-state index in [4.69, 9.17) is 4.52 Å². The molecular formula is C17H20F3N5O3. The summed E-state index contributed by atoms with van der Waals surface area (Å²) < 4.78 is 43.9. The number of nitro groups is 1. The number of benzene rings is 1. The lowest BCUT2D eigenvalue weighted by Gasteiger charge is -2.37. The summed E-state index contributed by atoms with van der Waals surface area (Å²) >= 11 is 0. The summed E-state index contributed by atoms with van der Waals surface area (Å²) in [5.74, 6) is 1.13. The van der Waals surface area contributed by atoms with Gasteiger partial charge < -0.3 is 9.42 Å². The predicted molar refractivity (Wildman–Crippen MR) is 94.0 cm³/mol. The lowest BCUT2D eigenvalue weighted by Crippen LogP contribution is -2.47. The molecule has 1 fully saturated rings. The number of nitrogens with zero attached hydrogens (tertiary/aromatic N) is 5. The number of hydrogen-bond acceptors (Lipinski definition) is 7. The van der Waals surface area contributed by atoms with Crippen LogP contribution in [0.3, 0.4) is 0 Å². The first-order chi connectivity index (χ1) is 13.2. The van der Waals surface area contributed by atoms with E-state index in [9.17, 15) is 23.3 Å². The summed E-state index contributed by atoms with van der Waals surface area (Å²) in [6.07, 6.45) is -3.96. The topological polar surface area (TPSA) is 88.5 Å². The minimum Gasteiger partial charge on any atom is -0.363 e. The van der Waals surface area contributed by atoms with Gasteiger partial charge in [-0.05, 0) is 19.1 Å². The first kappa shape index (κ1) is 20.1. The minimum atomic E-state index is -4.63. The second kappa shape index (κ2) is 7.74. The SMILES string of the molecule is CCc1noc([C@H](C)N2CCN(c3ccc(C(F)(F)F)cc3[N+](=O)[O-])CC2)n1. The maximum absolute atomic E-state index is 12.9. The summed E-state index contributed by atoms with van der Waals surface area (Å²) in [6.45, 7) is 5.85. The number of halogens is 3. The normalized spacial score (nSPS) is 17.0. The van der Waals surface area contributed by atoms with Gasteiger partial charge in [-0.2, -0.15) is 18.2 Å². The van der Waals surface area contributed by atoms with Crippen LogP contribution in [0.5, 0.6) is 0 Å². The molecule has 1 aromatic carbocycles. The number of hydrogen-bond donors (Lipinski definition) is 0. The molecule has 2 aromatic rings. The van der Waals surface area contributed by atoms with Crippen molar-refractivity contribution in [2.24, 2.45) is 0 Å². The number of rotatable bonds is 5. The molecule has 0 saturated carbocycles. The van der Waals surface area contributed by atoms with Crippen LogP contribution in [0.4, 0.5) is 24.5 Å². The van der Waals surface area contributed by atoms with Gasteiger partial charge in [-0.15, -0.1) is 0 Å². The molecule has 1 aliphatic heterocycles. The summed E-state index contributed by atoms with van der Waals surface area (Å²) in [7, 11) is 0. The lowest BCUT2D eigenvalue weighted by molar-refractivity contribution is -0.384. The number of alkyl halides is 3. The van der Waals surface area contributed by atoms with Gasteiger partial charge >= 0.3 is 6.18 Å². The fraction of sp³-hybridized carbons (Fsp3) is 0.529. The highest BCUT2D eigenvalue weighted by Crippen LogP contribution is 2.37. The molecule has 0 aliphatic carbocycles. The van der Waals surface area contributed by atoms with Crippen molar-refractivity contribution in [3.63, 3.8) is 0 Å². The number of nitro benzene ring substituents is 1. The summed E-state index contributed by atoms with van der Waals surface area (Å²) in [5, 5.41) is 15.2. The Morgan fingerprint density at radius 1 is 1.29 bits per heavy atom. The highest BCUT2D eigenvalue weighted by molar-refractivity contribution is 5.65. The van der Waals surface area contributed by atoms with Crippen LogP contribution in [-0.4, -0.2) is 46.1 Å². The van der Waals surface area contributed by atoms with Crippen LogP contribution in [0.15, 0.2) is 22.7 Å². The molecule has 2 heterocycles. The van der Waals surface area contributed by atoms with E-state index in [2.05, 4.69) is 15.0 Å². The van der Waals surface area contributed by atoms with E-state index < -0.39 is 22.4 Å². The van der Waals surface area contributed by atoms with E-state index in [1.54, 1.807) is 4.90 Å². The molecule has 0 bridgehead atoms. The Morgan fingerprint density at radius 2 is 1.96 bits per heavy atom. The molecule has 1 atom stereocenters. The van der Waals surface area contributed by atoms with Gasteiger partial charge in [0.25, 0.3) is 5.69 Å². The molecule has 0 N–H and O–H groups in total. The maximum atomic E-state index is 12.9. The molecule has 0 spiro atoms. The van der Waals surface area contributed by atoms with Crippen molar-refractivity contribution in [3.8, 4) is 0 Å². The van der Waals surface area contributed by atoms with Crippen LogP contribution in [0.1, 0.15) is 37.2 Å². The zero-order chi connectivity index (χ0) is 20.5. The van der Waals surface area contributed by atoms with E-state index in [0.29, 0.717) is 50.4 Å². The second-order valence-corrected chi connectivity index (χ2v) is 6.56. The van der Waals surface area contributed by atoms with Crippen LogP contribution >= 0.6 is 0 Å². The Hall–Kier alpha value is -2.69.